The van der Waals surface area contributed by atoms with Crippen molar-refractivity contribution in [1.29, 1.82) is 0 Å². The molecule has 1 fully saturated rings. The third kappa shape index (κ3) is 5.16. The van der Waals surface area contributed by atoms with E-state index in [-0.39, 0.29) is 12.3 Å². The van der Waals surface area contributed by atoms with Crippen molar-refractivity contribution in [2.75, 3.05) is 19.6 Å². The van der Waals surface area contributed by atoms with Gasteiger partial charge in [-0.05, 0) is 32.4 Å². The van der Waals surface area contributed by atoms with Crippen molar-refractivity contribution < 1.29 is 18.0 Å². The summed E-state index contributed by atoms with van der Waals surface area (Å²) in [6, 6.07) is 0. The maximum Gasteiger partial charge on any atom is 0.389 e. The van der Waals surface area contributed by atoms with E-state index in [4.69, 9.17) is 0 Å². The fourth-order valence-electron chi connectivity index (χ4n) is 1.91. The van der Waals surface area contributed by atoms with Crippen LogP contribution in [0.3, 0.4) is 0 Å². The molecule has 15 heavy (non-hydrogen) atoms. The molecule has 1 unspecified atom stereocenters. The monoisotopic (exact) mass is 223 g/mol. The Labute approximate surface area is 87.4 Å². The molecule has 0 aromatic rings. The molecule has 0 N–H and O–H groups in total. The molecule has 1 rings (SSSR count). The van der Waals surface area contributed by atoms with Crippen LogP contribution in [0.25, 0.3) is 0 Å². The summed E-state index contributed by atoms with van der Waals surface area (Å²) in [5.41, 5.74) is 0. The van der Waals surface area contributed by atoms with Gasteiger partial charge in [0.15, 0.2) is 0 Å². The largest absolute Gasteiger partial charge is 0.389 e. The summed E-state index contributed by atoms with van der Waals surface area (Å²) < 4.78 is 35.6. The van der Waals surface area contributed by atoms with Crippen LogP contribution in [0, 0.1) is 5.92 Å². The fraction of sp³-hybridized carbons (Fsp3) is 0.900. The molecule has 1 aliphatic rings. The second kappa shape index (κ2) is 5.49. The van der Waals surface area contributed by atoms with Crippen LogP contribution in [-0.4, -0.2) is 37.0 Å². The molecule has 88 valence electrons. The molecular weight excluding hydrogens is 207 g/mol. The van der Waals surface area contributed by atoms with Gasteiger partial charge in [-0.1, -0.05) is 0 Å². The highest BCUT2D eigenvalue weighted by atomic mass is 19.4. The summed E-state index contributed by atoms with van der Waals surface area (Å²) in [6.45, 7) is 1.90. The van der Waals surface area contributed by atoms with Crippen LogP contribution >= 0.6 is 0 Å². The lowest BCUT2D eigenvalue weighted by Crippen LogP contribution is -2.36. The van der Waals surface area contributed by atoms with E-state index in [1.54, 1.807) is 0 Å². The zero-order chi connectivity index (χ0) is 11.3. The van der Waals surface area contributed by atoms with Gasteiger partial charge in [0.05, 0.1) is 0 Å². The number of carbonyl (C=O) groups is 1. The Morgan fingerprint density at radius 2 is 2.13 bits per heavy atom. The quantitative estimate of drug-likeness (QED) is 0.681. The number of aldehydes is 1. The lowest BCUT2D eigenvalue weighted by Gasteiger charge is -2.30. The molecule has 0 radical (unpaired) electrons. The van der Waals surface area contributed by atoms with E-state index in [0.717, 1.165) is 25.7 Å². The molecule has 1 saturated heterocycles. The third-order valence-corrected chi connectivity index (χ3v) is 2.67. The van der Waals surface area contributed by atoms with Crippen molar-refractivity contribution in [3.8, 4) is 0 Å². The highest BCUT2D eigenvalue weighted by Gasteiger charge is 2.27. The Morgan fingerprint density at radius 1 is 1.40 bits per heavy atom. The summed E-state index contributed by atoms with van der Waals surface area (Å²) in [5.74, 6) is 0.0182. The molecule has 1 aliphatic heterocycles. The van der Waals surface area contributed by atoms with E-state index < -0.39 is 12.6 Å². The van der Waals surface area contributed by atoms with Gasteiger partial charge in [-0.25, -0.2) is 0 Å². The Hall–Kier alpha value is -0.580. The van der Waals surface area contributed by atoms with Crippen LogP contribution in [0.2, 0.25) is 0 Å². The van der Waals surface area contributed by atoms with Crippen LogP contribution in [0.1, 0.15) is 25.7 Å². The Bertz CT molecular complexity index is 205. The first-order valence-corrected chi connectivity index (χ1v) is 5.25. The first-order chi connectivity index (χ1) is 7.01. The summed E-state index contributed by atoms with van der Waals surface area (Å²) in [5, 5.41) is 0. The van der Waals surface area contributed by atoms with Gasteiger partial charge < -0.3 is 9.69 Å². The Balaban J connectivity index is 2.18. The number of carbonyl (C=O) groups excluding carboxylic acids is 1. The summed E-state index contributed by atoms with van der Waals surface area (Å²) >= 11 is 0. The van der Waals surface area contributed by atoms with E-state index in [9.17, 15) is 18.0 Å². The molecule has 0 saturated carbocycles. The fourth-order valence-corrected chi connectivity index (χ4v) is 1.91. The molecule has 1 atom stereocenters. The molecular formula is C10H16F3NO. The van der Waals surface area contributed by atoms with E-state index in [1.807, 2.05) is 4.90 Å². The van der Waals surface area contributed by atoms with Crippen molar-refractivity contribution in [3.63, 3.8) is 0 Å². The molecule has 5 heteroatoms. The number of hydrogen-bond acceptors (Lipinski definition) is 2. The topological polar surface area (TPSA) is 20.3 Å². The molecule has 0 aromatic carbocycles. The van der Waals surface area contributed by atoms with Gasteiger partial charge in [-0.3, -0.25) is 0 Å². The number of alkyl halides is 3. The van der Waals surface area contributed by atoms with E-state index in [0.29, 0.717) is 13.1 Å². The average molecular weight is 223 g/mol. The van der Waals surface area contributed by atoms with Crippen LogP contribution < -0.4 is 0 Å². The van der Waals surface area contributed by atoms with Crippen LogP contribution in [0.5, 0.6) is 0 Å². The normalized spacial score (nSPS) is 24.1. The van der Waals surface area contributed by atoms with Crippen LogP contribution in [0.15, 0.2) is 0 Å². The van der Waals surface area contributed by atoms with Gasteiger partial charge in [0, 0.05) is 18.9 Å². The van der Waals surface area contributed by atoms with E-state index >= 15 is 0 Å². The first kappa shape index (κ1) is 12.5. The number of rotatable bonds is 4. The maximum absolute atomic E-state index is 11.9. The number of piperidine rings is 1. The molecule has 2 nitrogen and oxygen atoms in total. The summed E-state index contributed by atoms with van der Waals surface area (Å²) in [4.78, 5) is 12.5. The predicted molar refractivity (Wildman–Crippen MR) is 50.5 cm³/mol. The predicted octanol–water partition coefficient (Wildman–Crippen LogP) is 2.24. The summed E-state index contributed by atoms with van der Waals surface area (Å²) in [7, 11) is 0. The maximum atomic E-state index is 11.9. The zero-order valence-electron chi connectivity index (χ0n) is 8.59. The summed E-state index contributed by atoms with van der Waals surface area (Å²) in [6.07, 6.45) is -1.95. The second-order valence-corrected chi connectivity index (χ2v) is 4.06. The van der Waals surface area contributed by atoms with Gasteiger partial charge in [0.25, 0.3) is 0 Å². The van der Waals surface area contributed by atoms with Crippen molar-refractivity contribution in [1.82, 2.24) is 4.90 Å². The van der Waals surface area contributed by atoms with Gasteiger partial charge in [-0.15, -0.1) is 0 Å². The molecule has 0 bridgehead atoms. The van der Waals surface area contributed by atoms with Gasteiger partial charge in [0.2, 0.25) is 0 Å². The highest BCUT2D eigenvalue weighted by Crippen LogP contribution is 2.22. The number of hydrogen-bond donors (Lipinski definition) is 0. The molecule has 0 spiro atoms. The van der Waals surface area contributed by atoms with E-state index in [2.05, 4.69) is 0 Å². The van der Waals surface area contributed by atoms with E-state index in [1.165, 1.54) is 0 Å². The minimum absolute atomic E-state index is 0.0182. The van der Waals surface area contributed by atoms with Gasteiger partial charge >= 0.3 is 6.18 Å². The smallest absolute Gasteiger partial charge is 0.303 e. The standard InChI is InChI=1S/C10H16F3NO/c11-10(12,13)4-2-6-14-5-1-3-9(7-14)8-15/h8-9H,1-7H2. The molecule has 1 heterocycles. The van der Waals surface area contributed by atoms with Crippen molar-refractivity contribution in [2.45, 2.75) is 31.9 Å². The SMILES string of the molecule is O=CC1CCCN(CCCC(F)(F)F)C1. The molecule has 0 aliphatic carbocycles. The molecule has 0 aromatic heterocycles. The van der Waals surface area contributed by atoms with Crippen molar-refractivity contribution >= 4 is 6.29 Å². The van der Waals surface area contributed by atoms with Crippen molar-refractivity contribution in [2.24, 2.45) is 5.92 Å². The number of likely N-dealkylation sites (tertiary alicyclic amines) is 1. The first-order valence-electron chi connectivity index (χ1n) is 5.25. The second-order valence-electron chi connectivity index (χ2n) is 4.06. The Morgan fingerprint density at radius 3 is 2.73 bits per heavy atom. The minimum atomic E-state index is -4.06. The average Bonchev–Trinajstić information content (AvgIpc) is 2.16. The third-order valence-electron chi connectivity index (χ3n) is 2.67. The molecule has 0 amide bonds. The van der Waals surface area contributed by atoms with Crippen LogP contribution in [-0.2, 0) is 4.79 Å². The lowest BCUT2D eigenvalue weighted by molar-refractivity contribution is -0.136. The van der Waals surface area contributed by atoms with Crippen molar-refractivity contribution in [3.05, 3.63) is 0 Å². The number of halogens is 3. The Kier molecular flexibility index (Phi) is 4.57. The minimum Gasteiger partial charge on any atom is -0.303 e. The van der Waals surface area contributed by atoms with Gasteiger partial charge in [0.1, 0.15) is 6.29 Å². The zero-order valence-corrected chi connectivity index (χ0v) is 8.59. The van der Waals surface area contributed by atoms with Crippen LogP contribution in [0.4, 0.5) is 13.2 Å². The number of nitrogens with zero attached hydrogens (tertiary/aromatic N) is 1. The highest BCUT2D eigenvalue weighted by molar-refractivity contribution is 5.53. The van der Waals surface area contributed by atoms with Gasteiger partial charge in [-0.2, -0.15) is 13.2 Å². The lowest BCUT2D eigenvalue weighted by atomic mass is 9.99.